The van der Waals surface area contributed by atoms with Gasteiger partial charge in [0.2, 0.25) is 0 Å². The van der Waals surface area contributed by atoms with Crippen molar-refractivity contribution in [2.24, 2.45) is 0 Å². The highest BCUT2D eigenvalue weighted by atomic mass is 32.2. The summed E-state index contributed by atoms with van der Waals surface area (Å²) in [5.41, 5.74) is 4.84. The summed E-state index contributed by atoms with van der Waals surface area (Å²) >= 11 is 0. The second kappa shape index (κ2) is 8.71. The van der Waals surface area contributed by atoms with Crippen LogP contribution in [0.4, 0.5) is 5.69 Å². The largest absolute Gasteiger partial charge is 0.337 e. The normalized spacial score (nSPS) is 11.2. The molecule has 30 heavy (non-hydrogen) atoms. The molecule has 0 fully saturated rings. The molecule has 6 heteroatoms. The van der Waals surface area contributed by atoms with E-state index in [1.54, 1.807) is 61.3 Å². The van der Waals surface area contributed by atoms with Gasteiger partial charge in [0, 0.05) is 19.2 Å². The zero-order valence-electron chi connectivity index (χ0n) is 17.6. The monoisotopic (exact) mass is 422 g/mol. The van der Waals surface area contributed by atoms with Crippen LogP contribution in [0.25, 0.3) is 0 Å². The van der Waals surface area contributed by atoms with E-state index < -0.39 is 10.0 Å². The van der Waals surface area contributed by atoms with Crippen molar-refractivity contribution in [2.45, 2.75) is 32.2 Å². The zero-order valence-corrected chi connectivity index (χ0v) is 18.5. The first-order valence-corrected chi connectivity index (χ1v) is 11.2. The molecule has 0 bridgehead atoms. The summed E-state index contributed by atoms with van der Waals surface area (Å²) in [5.74, 6) is -0.118. The second-order valence-electron chi connectivity index (χ2n) is 7.60. The Labute approximate surface area is 178 Å². The predicted octanol–water partition coefficient (Wildman–Crippen LogP) is 4.68. The number of hydrogen-bond acceptors (Lipinski definition) is 3. The number of amides is 1. The molecule has 0 spiro atoms. The van der Waals surface area contributed by atoms with Crippen molar-refractivity contribution in [3.63, 3.8) is 0 Å². The fourth-order valence-corrected chi connectivity index (χ4v) is 4.34. The minimum absolute atomic E-state index is 0.118. The first-order chi connectivity index (χ1) is 14.2. The van der Waals surface area contributed by atoms with Gasteiger partial charge in [0.1, 0.15) is 0 Å². The highest BCUT2D eigenvalue weighted by Crippen LogP contribution is 2.22. The molecular formula is C24H26N2O3S. The van der Waals surface area contributed by atoms with Crippen molar-refractivity contribution in [1.82, 2.24) is 4.90 Å². The molecule has 0 saturated heterocycles. The summed E-state index contributed by atoms with van der Waals surface area (Å²) < 4.78 is 27.9. The molecule has 0 saturated carbocycles. The number of aryl methyl sites for hydroxylation is 3. The number of carbonyl (C=O) groups is 1. The number of hydrogen-bond donors (Lipinski definition) is 1. The number of nitrogens with one attached hydrogen (secondary N) is 1. The van der Waals surface area contributed by atoms with Gasteiger partial charge in [-0.25, -0.2) is 8.42 Å². The van der Waals surface area contributed by atoms with Gasteiger partial charge in [0.05, 0.1) is 10.6 Å². The maximum atomic E-state index is 12.8. The molecule has 3 aromatic rings. The molecule has 1 amide bonds. The van der Waals surface area contributed by atoms with Crippen molar-refractivity contribution < 1.29 is 13.2 Å². The van der Waals surface area contributed by atoms with E-state index in [0.29, 0.717) is 23.4 Å². The fraction of sp³-hybridized carbons (Fsp3) is 0.208. The average molecular weight is 423 g/mol. The summed E-state index contributed by atoms with van der Waals surface area (Å²) in [6.45, 7) is 6.20. The molecule has 156 valence electrons. The van der Waals surface area contributed by atoms with Gasteiger partial charge in [-0.15, -0.1) is 0 Å². The Morgan fingerprint density at radius 3 is 2.23 bits per heavy atom. The van der Waals surface area contributed by atoms with Crippen LogP contribution in [0.3, 0.4) is 0 Å². The van der Waals surface area contributed by atoms with Crippen LogP contribution in [-0.2, 0) is 16.6 Å². The Balaban J connectivity index is 1.75. The second-order valence-corrected chi connectivity index (χ2v) is 9.28. The number of carbonyl (C=O) groups excluding carboxylic acids is 1. The SMILES string of the molecule is Cc1ccc(S(=O)(=O)Nc2ccc(C(=O)N(C)Cc3cccc(C)c3)cc2C)cc1. The van der Waals surface area contributed by atoms with E-state index in [4.69, 9.17) is 0 Å². The van der Waals surface area contributed by atoms with Gasteiger partial charge in [-0.2, -0.15) is 0 Å². The number of rotatable bonds is 6. The highest BCUT2D eigenvalue weighted by molar-refractivity contribution is 7.92. The Morgan fingerprint density at radius 1 is 0.900 bits per heavy atom. The topological polar surface area (TPSA) is 66.5 Å². The van der Waals surface area contributed by atoms with Gasteiger partial charge in [-0.3, -0.25) is 9.52 Å². The lowest BCUT2D eigenvalue weighted by Crippen LogP contribution is -2.26. The maximum Gasteiger partial charge on any atom is 0.261 e. The molecule has 0 aliphatic rings. The van der Waals surface area contributed by atoms with Crippen molar-refractivity contribution in [1.29, 1.82) is 0 Å². The number of nitrogens with zero attached hydrogens (tertiary/aromatic N) is 1. The fourth-order valence-electron chi connectivity index (χ4n) is 3.21. The summed E-state index contributed by atoms with van der Waals surface area (Å²) in [6.07, 6.45) is 0. The number of benzene rings is 3. The lowest BCUT2D eigenvalue weighted by atomic mass is 10.1. The van der Waals surface area contributed by atoms with Crippen molar-refractivity contribution in [3.05, 3.63) is 94.5 Å². The third-order valence-electron chi connectivity index (χ3n) is 4.90. The van der Waals surface area contributed by atoms with Crippen LogP contribution in [0.2, 0.25) is 0 Å². The number of anilines is 1. The van der Waals surface area contributed by atoms with Gasteiger partial charge in [-0.1, -0.05) is 47.5 Å². The van der Waals surface area contributed by atoms with Crippen molar-refractivity contribution in [2.75, 3.05) is 11.8 Å². The Bertz CT molecular complexity index is 1170. The van der Waals surface area contributed by atoms with E-state index in [1.165, 1.54) is 0 Å². The zero-order chi connectivity index (χ0) is 21.9. The lowest BCUT2D eigenvalue weighted by molar-refractivity contribution is 0.0785. The molecular weight excluding hydrogens is 396 g/mol. The third-order valence-corrected chi connectivity index (χ3v) is 6.28. The molecule has 0 aromatic heterocycles. The van der Waals surface area contributed by atoms with E-state index in [0.717, 1.165) is 16.7 Å². The predicted molar refractivity (Wildman–Crippen MR) is 120 cm³/mol. The standard InChI is InChI=1S/C24H26N2O3S/c1-17-8-11-22(12-9-17)30(28,29)25-23-13-10-21(15-19(23)3)24(27)26(4)16-20-7-5-6-18(2)14-20/h5-15,25H,16H2,1-4H3. The van der Waals surface area contributed by atoms with Crippen LogP contribution >= 0.6 is 0 Å². The number of sulfonamides is 1. The first-order valence-electron chi connectivity index (χ1n) is 9.67. The van der Waals surface area contributed by atoms with Gasteiger partial charge in [0.25, 0.3) is 15.9 Å². The molecule has 3 aromatic carbocycles. The summed E-state index contributed by atoms with van der Waals surface area (Å²) in [6, 6.07) is 19.7. The molecule has 1 N–H and O–H groups in total. The quantitative estimate of drug-likeness (QED) is 0.627. The summed E-state index contributed by atoms with van der Waals surface area (Å²) in [4.78, 5) is 14.7. The van der Waals surface area contributed by atoms with Crippen LogP contribution in [0.5, 0.6) is 0 Å². The van der Waals surface area contributed by atoms with Gasteiger partial charge >= 0.3 is 0 Å². The van der Waals surface area contributed by atoms with Gasteiger partial charge < -0.3 is 4.90 Å². The minimum atomic E-state index is -3.69. The molecule has 0 atom stereocenters. The van der Waals surface area contributed by atoms with Crippen LogP contribution in [0.15, 0.2) is 71.6 Å². The van der Waals surface area contributed by atoms with Gasteiger partial charge in [-0.05, 0) is 62.2 Å². The van der Waals surface area contributed by atoms with Crippen LogP contribution in [-0.4, -0.2) is 26.3 Å². The van der Waals surface area contributed by atoms with E-state index in [1.807, 2.05) is 32.0 Å². The lowest BCUT2D eigenvalue weighted by Gasteiger charge is -2.19. The van der Waals surface area contributed by atoms with Crippen LogP contribution < -0.4 is 4.72 Å². The minimum Gasteiger partial charge on any atom is -0.337 e. The smallest absolute Gasteiger partial charge is 0.261 e. The third kappa shape index (κ3) is 5.07. The molecule has 0 aliphatic carbocycles. The summed E-state index contributed by atoms with van der Waals surface area (Å²) in [5, 5.41) is 0. The average Bonchev–Trinajstić information content (AvgIpc) is 2.69. The Kier molecular flexibility index (Phi) is 6.27. The summed E-state index contributed by atoms with van der Waals surface area (Å²) in [7, 11) is -1.93. The maximum absolute atomic E-state index is 12.8. The highest BCUT2D eigenvalue weighted by Gasteiger charge is 2.17. The molecule has 3 rings (SSSR count). The molecule has 0 heterocycles. The van der Waals surface area contributed by atoms with Crippen molar-refractivity contribution in [3.8, 4) is 0 Å². The Morgan fingerprint density at radius 2 is 1.60 bits per heavy atom. The van der Waals surface area contributed by atoms with E-state index in [9.17, 15) is 13.2 Å². The van der Waals surface area contributed by atoms with Gasteiger partial charge in [0.15, 0.2) is 0 Å². The molecule has 5 nitrogen and oxygen atoms in total. The van der Waals surface area contributed by atoms with Crippen LogP contribution in [0.1, 0.15) is 32.6 Å². The Hall–Kier alpha value is -3.12. The van der Waals surface area contributed by atoms with E-state index in [-0.39, 0.29) is 10.8 Å². The van der Waals surface area contributed by atoms with E-state index in [2.05, 4.69) is 10.8 Å². The molecule has 0 radical (unpaired) electrons. The van der Waals surface area contributed by atoms with E-state index >= 15 is 0 Å². The molecule has 0 aliphatic heterocycles. The van der Waals surface area contributed by atoms with Crippen molar-refractivity contribution >= 4 is 21.6 Å². The molecule has 0 unspecified atom stereocenters. The first kappa shape index (κ1) is 21.6. The van der Waals surface area contributed by atoms with Crippen LogP contribution in [0, 0.1) is 20.8 Å².